The molecule has 0 fully saturated rings. The topological polar surface area (TPSA) is 38.3 Å². The van der Waals surface area contributed by atoms with Gasteiger partial charge < -0.3 is 10.1 Å². The molecule has 1 amide bonds. The minimum atomic E-state index is -0.268. The van der Waals surface area contributed by atoms with Crippen LogP contribution < -0.4 is 10.1 Å². The second-order valence-corrected chi connectivity index (χ2v) is 7.86. The maximum Gasteiger partial charge on any atom is 0.255 e. The third-order valence-electron chi connectivity index (χ3n) is 4.76. The summed E-state index contributed by atoms with van der Waals surface area (Å²) in [6.07, 6.45) is 5.73. The number of ether oxygens (including phenoxy) is 1. The van der Waals surface area contributed by atoms with Gasteiger partial charge in [-0.15, -0.1) is 0 Å². The highest BCUT2D eigenvalue weighted by molar-refractivity contribution is 6.37. The molecule has 0 saturated heterocycles. The SMILES string of the molecule is CCCCCCCOc1c(Cl)cc(C(=O)Nc2ccc3ccccc3c2)cc1Cl. The molecule has 152 valence electrons. The number of hydrogen-bond donors (Lipinski definition) is 1. The lowest BCUT2D eigenvalue weighted by Gasteiger charge is -2.12. The standard InChI is InChI=1S/C24H25Cl2NO2/c1-2-3-4-5-8-13-29-23-21(25)15-19(16-22(23)26)24(28)27-20-12-11-17-9-6-7-10-18(17)14-20/h6-7,9-12,14-16H,2-5,8,13H2,1H3,(H,27,28). The fourth-order valence-corrected chi connectivity index (χ4v) is 3.78. The van der Waals surface area contributed by atoms with Gasteiger partial charge in [-0.25, -0.2) is 0 Å². The first-order chi connectivity index (χ1) is 14.1. The largest absolute Gasteiger partial charge is 0.490 e. The van der Waals surface area contributed by atoms with Gasteiger partial charge in [-0.05, 0) is 41.5 Å². The normalized spacial score (nSPS) is 10.9. The summed E-state index contributed by atoms with van der Waals surface area (Å²) in [5, 5.41) is 5.76. The Hall–Kier alpha value is -2.23. The number of carbonyl (C=O) groups excluding carboxylic acids is 1. The zero-order valence-electron chi connectivity index (χ0n) is 16.5. The van der Waals surface area contributed by atoms with Crippen molar-refractivity contribution in [2.24, 2.45) is 0 Å². The third kappa shape index (κ3) is 5.88. The molecular formula is C24H25Cl2NO2. The molecule has 3 aromatic carbocycles. The summed E-state index contributed by atoms with van der Waals surface area (Å²) in [5.41, 5.74) is 1.11. The van der Waals surface area contributed by atoms with Crippen molar-refractivity contribution in [2.75, 3.05) is 11.9 Å². The summed E-state index contributed by atoms with van der Waals surface area (Å²) in [5.74, 6) is 0.168. The van der Waals surface area contributed by atoms with Gasteiger partial charge in [-0.2, -0.15) is 0 Å². The van der Waals surface area contributed by atoms with Gasteiger partial charge in [0.05, 0.1) is 16.7 Å². The van der Waals surface area contributed by atoms with E-state index < -0.39 is 0 Å². The molecule has 0 heterocycles. The maximum atomic E-state index is 12.7. The van der Waals surface area contributed by atoms with Crippen molar-refractivity contribution in [3.05, 3.63) is 70.2 Å². The van der Waals surface area contributed by atoms with Crippen molar-refractivity contribution in [3.8, 4) is 5.75 Å². The van der Waals surface area contributed by atoms with E-state index in [-0.39, 0.29) is 5.91 Å². The number of rotatable bonds is 9. The molecule has 0 atom stereocenters. The number of fused-ring (bicyclic) bond motifs is 1. The predicted octanol–water partition coefficient (Wildman–Crippen LogP) is 7.75. The first-order valence-electron chi connectivity index (χ1n) is 10.0. The highest BCUT2D eigenvalue weighted by Crippen LogP contribution is 2.34. The Balaban J connectivity index is 1.64. The molecule has 0 unspecified atom stereocenters. The second kappa shape index (κ2) is 10.5. The summed E-state index contributed by atoms with van der Waals surface area (Å²) in [6, 6.07) is 17.0. The molecule has 1 N–H and O–H groups in total. The van der Waals surface area contributed by atoms with Crippen molar-refractivity contribution in [3.63, 3.8) is 0 Å². The number of unbranched alkanes of at least 4 members (excludes halogenated alkanes) is 4. The summed E-state index contributed by atoms with van der Waals surface area (Å²) in [6.45, 7) is 2.75. The van der Waals surface area contributed by atoms with Crippen LogP contribution in [0.4, 0.5) is 5.69 Å². The second-order valence-electron chi connectivity index (χ2n) is 7.05. The summed E-state index contributed by atoms with van der Waals surface area (Å²) < 4.78 is 5.75. The van der Waals surface area contributed by atoms with Gasteiger partial charge in [0.15, 0.2) is 5.75 Å². The third-order valence-corrected chi connectivity index (χ3v) is 5.32. The van der Waals surface area contributed by atoms with Crippen LogP contribution in [0.15, 0.2) is 54.6 Å². The minimum Gasteiger partial charge on any atom is -0.490 e. The number of halogens is 2. The van der Waals surface area contributed by atoms with Gasteiger partial charge in [-0.3, -0.25) is 4.79 Å². The molecule has 0 aliphatic heterocycles. The van der Waals surface area contributed by atoms with Gasteiger partial charge >= 0.3 is 0 Å². The van der Waals surface area contributed by atoms with Crippen molar-refractivity contribution in [1.82, 2.24) is 0 Å². The fourth-order valence-electron chi connectivity index (χ4n) is 3.18. The molecule has 0 saturated carbocycles. The summed E-state index contributed by atoms with van der Waals surface area (Å²) in [4.78, 5) is 12.7. The van der Waals surface area contributed by atoms with E-state index in [1.54, 1.807) is 12.1 Å². The van der Waals surface area contributed by atoms with E-state index in [2.05, 4.69) is 12.2 Å². The molecule has 3 rings (SSSR count). The number of amides is 1. The lowest BCUT2D eigenvalue weighted by atomic mass is 10.1. The Labute approximate surface area is 182 Å². The summed E-state index contributed by atoms with van der Waals surface area (Å²) in [7, 11) is 0. The van der Waals surface area contributed by atoms with Gasteiger partial charge in [0.25, 0.3) is 5.91 Å². The smallest absolute Gasteiger partial charge is 0.255 e. The zero-order valence-corrected chi connectivity index (χ0v) is 18.0. The maximum absolute atomic E-state index is 12.7. The van der Waals surface area contributed by atoms with Crippen LogP contribution in [0.1, 0.15) is 49.4 Å². The molecule has 0 radical (unpaired) electrons. The summed E-state index contributed by atoms with van der Waals surface area (Å²) >= 11 is 12.7. The van der Waals surface area contributed by atoms with Gasteiger partial charge in [0.1, 0.15) is 0 Å². The zero-order chi connectivity index (χ0) is 20.6. The molecule has 29 heavy (non-hydrogen) atoms. The van der Waals surface area contributed by atoms with E-state index >= 15 is 0 Å². The number of anilines is 1. The van der Waals surface area contributed by atoms with Crippen LogP contribution in [0.25, 0.3) is 10.8 Å². The first kappa shape index (κ1) is 21.5. The predicted molar refractivity (Wildman–Crippen MR) is 123 cm³/mol. The van der Waals surface area contributed by atoms with Crippen molar-refractivity contribution >= 4 is 45.6 Å². The van der Waals surface area contributed by atoms with Crippen LogP contribution in [0.2, 0.25) is 10.0 Å². The molecular weight excluding hydrogens is 405 g/mol. The van der Waals surface area contributed by atoms with E-state index in [4.69, 9.17) is 27.9 Å². The average molecular weight is 430 g/mol. The number of carbonyl (C=O) groups is 1. The monoisotopic (exact) mass is 429 g/mol. The highest BCUT2D eigenvalue weighted by atomic mass is 35.5. The van der Waals surface area contributed by atoms with E-state index in [1.807, 2.05) is 42.5 Å². The Morgan fingerprint density at radius 2 is 1.59 bits per heavy atom. The molecule has 0 bridgehead atoms. The van der Waals surface area contributed by atoms with E-state index in [0.29, 0.717) is 33.7 Å². The minimum absolute atomic E-state index is 0.268. The lowest BCUT2D eigenvalue weighted by Crippen LogP contribution is -2.12. The number of nitrogens with one attached hydrogen (secondary N) is 1. The molecule has 0 aliphatic rings. The van der Waals surface area contributed by atoms with Crippen molar-refractivity contribution in [1.29, 1.82) is 0 Å². The Morgan fingerprint density at radius 3 is 2.31 bits per heavy atom. The Kier molecular flexibility index (Phi) is 7.79. The van der Waals surface area contributed by atoms with Gasteiger partial charge in [0, 0.05) is 11.3 Å². The quantitative estimate of drug-likeness (QED) is 0.353. The fraction of sp³-hybridized carbons (Fsp3) is 0.292. The molecule has 3 nitrogen and oxygen atoms in total. The van der Waals surface area contributed by atoms with Gasteiger partial charge in [0.2, 0.25) is 0 Å². The van der Waals surface area contributed by atoms with Gasteiger partial charge in [-0.1, -0.05) is 86.1 Å². The highest BCUT2D eigenvalue weighted by Gasteiger charge is 2.14. The van der Waals surface area contributed by atoms with Crippen LogP contribution in [0.5, 0.6) is 5.75 Å². The Bertz CT molecular complexity index is 965. The first-order valence-corrected chi connectivity index (χ1v) is 10.8. The van der Waals surface area contributed by atoms with Crippen molar-refractivity contribution < 1.29 is 9.53 Å². The Morgan fingerprint density at radius 1 is 0.897 bits per heavy atom. The lowest BCUT2D eigenvalue weighted by molar-refractivity contribution is 0.102. The number of hydrogen-bond acceptors (Lipinski definition) is 2. The van der Waals surface area contributed by atoms with Crippen molar-refractivity contribution in [2.45, 2.75) is 39.0 Å². The van der Waals surface area contributed by atoms with Crippen LogP contribution in [-0.2, 0) is 0 Å². The van der Waals surface area contributed by atoms with Crippen LogP contribution in [0, 0.1) is 0 Å². The van der Waals surface area contributed by atoms with Crippen LogP contribution >= 0.6 is 23.2 Å². The molecule has 3 aromatic rings. The van der Waals surface area contributed by atoms with E-state index in [0.717, 1.165) is 23.6 Å². The molecule has 0 aliphatic carbocycles. The van der Waals surface area contributed by atoms with E-state index in [9.17, 15) is 4.79 Å². The average Bonchev–Trinajstić information content (AvgIpc) is 2.72. The van der Waals surface area contributed by atoms with Crippen LogP contribution in [-0.4, -0.2) is 12.5 Å². The number of benzene rings is 3. The molecule has 5 heteroatoms. The molecule has 0 aromatic heterocycles. The van der Waals surface area contributed by atoms with E-state index in [1.165, 1.54) is 19.3 Å². The van der Waals surface area contributed by atoms with Crippen LogP contribution in [0.3, 0.4) is 0 Å². The molecule has 0 spiro atoms.